The highest BCUT2D eigenvalue weighted by Crippen LogP contribution is 2.48. The molecule has 2 N–H and O–H groups in total. The maximum atomic E-state index is 6.03. The van der Waals surface area contributed by atoms with Crippen LogP contribution >= 0.6 is 0 Å². The van der Waals surface area contributed by atoms with Crippen molar-refractivity contribution in [1.82, 2.24) is 4.90 Å². The van der Waals surface area contributed by atoms with Gasteiger partial charge >= 0.3 is 0 Å². The van der Waals surface area contributed by atoms with E-state index in [9.17, 15) is 0 Å². The Hall–Kier alpha value is -1.46. The van der Waals surface area contributed by atoms with Gasteiger partial charge in [-0.25, -0.2) is 0 Å². The normalized spacial score (nSPS) is 19.2. The summed E-state index contributed by atoms with van der Waals surface area (Å²) in [6.07, 6.45) is 1.08. The molecule has 2 unspecified atom stereocenters. The molecule has 0 fully saturated rings. The van der Waals surface area contributed by atoms with Crippen LogP contribution in [-0.4, -0.2) is 38.8 Å². The minimum atomic E-state index is 0.198. The van der Waals surface area contributed by atoms with Gasteiger partial charge in [0.1, 0.15) is 0 Å². The van der Waals surface area contributed by atoms with Gasteiger partial charge < -0.3 is 19.9 Å². The smallest absolute Gasteiger partial charge is 0.203 e. The van der Waals surface area contributed by atoms with Gasteiger partial charge in [-0.05, 0) is 25.0 Å². The predicted molar refractivity (Wildman–Crippen MR) is 83.2 cm³/mol. The third-order valence-electron chi connectivity index (χ3n) is 4.45. The van der Waals surface area contributed by atoms with Crippen molar-refractivity contribution in [3.8, 4) is 17.2 Å². The molecule has 0 saturated carbocycles. The van der Waals surface area contributed by atoms with Gasteiger partial charge in [0, 0.05) is 30.7 Å². The summed E-state index contributed by atoms with van der Waals surface area (Å²) in [5.74, 6) is 2.11. The summed E-state index contributed by atoms with van der Waals surface area (Å²) in [6, 6.07) is 2.70. The summed E-state index contributed by atoms with van der Waals surface area (Å²) in [6.45, 7) is 5.83. The van der Waals surface area contributed by atoms with Crippen LogP contribution in [0.25, 0.3) is 0 Å². The molecule has 0 aliphatic carbocycles. The summed E-state index contributed by atoms with van der Waals surface area (Å²) in [5.41, 5.74) is 8.38. The summed E-state index contributed by atoms with van der Waals surface area (Å²) in [4.78, 5) is 2.42. The molecule has 1 heterocycles. The van der Waals surface area contributed by atoms with E-state index < -0.39 is 0 Å². The molecule has 0 radical (unpaired) electrons. The number of hydrogen-bond donors (Lipinski definition) is 1. The number of nitrogens with zero attached hydrogens (tertiary/aromatic N) is 1. The fourth-order valence-electron chi connectivity index (χ4n) is 3.13. The highest BCUT2D eigenvalue weighted by atomic mass is 16.5. The van der Waals surface area contributed by atoms with Crippen LogP contribution in [0, 0.1) is 0 Å². The van der Waals surface area contributed by atoms with Crippen LogP contribution in [0.1, 0.15) is 37.4 Å². The molecule has 1 aliphatic rings. The molecule has 0 aromatic heterocycles. The summed E-state index contributed by atoms with van der Waals surface area (Å²) in [7, 11) is 4.94. The molecule has 0 bridgehead atoms. The van der Waals surface area contributed by atoms with Crippen molar-refractivity contribution in [2.75, 3.05) is 27.9 Å². The number of fused-ring (bicyclic) bond motifs is 1. The van der Waals surface area contributed by atoms with E-state index in [2.05, 4.69) is 18.7 Å². The van der Waals surface area contributed by atoms with E-state index >= 15 is 0 Å². The molecule has 5 heteroatoms. The summed E-state index contributed by atoms with van der Waals surface area (Å²) >= 11 is 0. The molecule has 0 spiro atoms. The molecular formula is C16H26N2O3. The lowest BCUT2D eigenvalue weighted by Crippen LogP contribution is -2.34. The minimum Gasteiger partial charge on any atom is -0.493 e. The first-order valence-corrected chi connectivity index (χ1v) is 7.40. The van der Waals surface area contributed by atoms with Crippen LogP contribution < -0.4 is 19.9 Å². The molecule has 2 rings (SSSR count). The van der Waals surface area contributed by atoms with E-state index in [1.165, 1.54) is 5.56 Å². The topological polar surface area (TPSA) is 57.0 Å². The lowest BCUT2D eigenvalue weighted by Gasteiger charge is -2.29. The molecule has 118 valence electrons. The van der Waals surface area contributed by atoms with Crippen LogP contribution in [0.15, 0.2) is 6.07 Å². The Labute approximate surface area is 127 Å². The standard InChI is InChI=1S/C16H26N2O3/c1-6-10(2)18-9-12-11(13(18)8-17)7-14(19-3)16(21-5)15(12)20-4/h7,10,13H,6,8-9,17H2,1-5H3. The predicted octanol–water partition coefficient (Wildman–Crippen LogP) is 2.33. The summed E-state index contributed by atoms with van der Waals surface area (Å²) in [5, 5.41) is 0. The Morgan fingerprint density at radius 3 is 2.38 bits per heavy atom. The van der Waals surface area contributed by atoms with Crippen LogP contribution in [0.3, 0.4) is 0 Å². The molecule has 1 aliphatic heterocycles. The van der Waals surface area contributed by atoms with Gasteiger partial charge in [-0.3, -0.25) is 4.90 Å². The van der Waals surface area contributed by atoms with E-state index in [1.54, 1.807) is 21.3 Å². The summed E-state index contributed by atoms with van der Waals surface area (Å²) < 4.78 is 16.5. The Kier molecular flexibility index (Phi) is 4.96. The highest BCUT2D eigenvalue weighted by molar-refractivity contribution is 5.61. The van der Waals surface area contributed by atoms with Crippen molar-refractivity contribution in [2.24, 2.45) is 5.73 Å². The molecule has 5 nitrogen and oxygen atoms in total. The van der Waals surface area contributed by atoms with Crippen LogP contribution in [0.4, 0.5) is 0 Å². The molecule has 0 saturated heterocycles. The van der Waals surface area contributed by atoms with Gasteiger partial charge in [0.25, 0.3) is 0 Å². The number of benzene rings is 1. The fourth-order valence-corrected chi connectivity index (χ4v) is 3.13. The molecule has 1 aromatic carbocycles. The van der Waals surface area contributed by atoms with Gasteiger partial charge in [-0.15, -0.1) is 0 Å². The molecule has 2 atom stereocenters. The lowest BCUT2D eigenvalue weighted by molar-refractivity contribution is 0.156. The Morgan fingerprint density at radius 2 is 1.90 bits per heavy atom. The van der Waals surface area contributed by atoms with Gasteiger partial charge in [0.15, 0.2) is 11.5 Å². The number of hydrogen-bond acceptors (Lipinski definition) is 5. The van der Waals surface area contributed by atoms with Gasteiger partial charge in [0.2, 0.25) is 5.75 Å². The van der Waals surface area contributed by atoms with Crippen LogP contribution in [0.5, 0.6) is 17.2 Å². The number of nitrogens with two attached hydrogens (primary N) is 1. The first kappa shape index (κ1) is 15.9. The van der Waals surface area contributed by atoms with Crippen molar-refractivity contribution in [1.29, 1.82) is 0 Å². The minimum absolute atomic E-state index is 0.198. The lowest BCUT2D eigenvalue weighted by atomic mass is 10.0. The van der Waals surface area contributed by atoms with E-state index in [0.29, 0.717) is 24.1 Å². The second-order valence-electron chi connectivity index (χ2n) is 5.39. The maximum Gasteiger partial charge on any atom is 0.203 e. The average molecular weight is 294 g/mol. The van der Waals surface area contributed by atoms with Crippen LogP contribution in [-0.2, 0) is 6.54 Å². The van der Waals surface area contributed by atoms with E-state index in [0.717, 1.165) is 24.3 Å². The van der Waals surface area contributed by atoms with E-state index in [-0.39, 0.29) is 6.04 Å². The fraction of sp³-hybridized carbons (Fsp3) is 0.625. The number of ether oxygens (including phenoxy) is 3. The first-order chi connectivity index (χ1) is 10.1. The Bertz CT molecular complexity index is 505. The third-order valence-corrected chi connectivity index (χ3v) is 4.45. The van der Waals surface area contributed by atoms with Crippen molar-refractivity contribution < 1.29 is 14.2 Å². The van der Waals surface area contributed by atoms with Crippen molar-refractivity contribution in [2.45, 2.75) is 38.9 Å². The monoisotopic (exact) mass is 294 g/mol. The second kappa shape index (κ2) is 6.54. The second-order valence-corrected chi connectivity index (χ2v) is 5.39. The quantitative estimate of drug-likeness (QED) is 0.872. The van der Waals surface area contributed by atoms with Gasteiger partial charge in [0.05, 0.1) is 21.3 Å². The highest BCUT2D eigenvalue weighted by Gasteiger charge is 2.36. The van der Waals surface area contributed by atoms with Crippen molar-refractivity contribution >= 4 is 0 Å². The first-order valence-electron chi connectivity index (χ1n) is 7.40. The number of rotatable bonds is 6. The van der Waals surface area contributed by atoms with Crippen LogP contribution in [0.2, 0.25) is 0 Å². The van der Waals surface area contributed by atoms with Gasteiger partial charge in [-0.1, -0.05) is 6.92 Å². The largest absolute Gasteiger partial charge is 0.493 e. The van der Waals surface area contributed by atoms with Crippen molar-refractivity contribution in [3.63, 3.8) is 0 Å². The molecule has 0 amide bonds. The molecule has 1 aromatic rings. The van der Waals surface area contributed by atoms with E-state index in [1.807, 2.05) is 6.07 Å². The Morgan fingerprint density at radius 1 is 1.24 bits per heavy atom. The zero-order valence-corrected chi connectivity index (χ0v) is 13.6. The maximum absolute atomic E-state index is 6.03. The van der Waals surface area contributed by atoms with E-state index in [4.69, 9.17) is 19.9 Å². The number of methoxy groups -OCH3 is 3. The average Bonchev–Trinajstić information content (AvgIpc) is 2.89. The third kappa shape index (κ3) is 2.56. The van der Waals surface area contributed by atoms with Crippen molar-refractivity contribution in [3.05, 3.63) is 17.2 Å². The SMILES string of the molecule is CCC(C)N1Cc2c(cc(OC)c(OC)c2OC)C1CN. The van der Waals surface area contributed by atoms with Gasteiger partial charge in [-0.2, -0.15) is 0 Å². The molecular weight excluding hydrogens is 268 g/mol. The molecule has 21 heavy (non-hydrogen) atoms. The Balaban J connectivity index is 2.56. The zero-order valence-electron chi connectivity index (χ0n) is 13.6. The zero-order chi connectivity index (χ0) is 15.6.